The monoisotopic (exact) mass is 354 g/mol. The van der Waals surface area contributed by atoms with Crippen molar-refractivity contribution < 1.29 is 14.7 Å². The van der Waals surface area contributed by atoms with Gasteiger partial charge < -0.3 is 21.1 Å². The number of anilines is 1. The van der Waals surface area contributed by atoms with Gasteiger partial charge in [0.05, 0.1) is 6.20 Å². The molecule has 9 heteroatoms. The van der Waals surface area contributed by atoms with E-state index in [2.05, 4.69) is 15.4 Å². The maximum absolute atomic E-state index is 11.2. The third kappa shape index (κ3) is 3.56. The highest BCUT2D eigenvalue weighted by Crippen LogP contribution is 2.24. The Hall–Kier alpha value is -3.62. The average molecular weight is 354 g/mol. The second kappa shape index (κ2) is 7.09. The molecular formula is C17H18N6O3. The number of carbonyl (C=O) groups is 2. The van der Waals surface area contributed by atoms with Crippen LogP contribution in [0, 0.1) is 0 Å². The third-order valence-electron chi connectivity index (χ3n) is 3.93. The van der Waals surface area contributed by atoms with Gasteiger partial charge in [-0.2, -0.15) is 5.10 Å². The van der Waals surface area contributed by atoms with Crippen molar-refractivity contribution in [1.82, 2.24) is 19.5 Å². The number of benzene rings is 1. The number of nitrogens with one attached hydrogen (secondary N) is 1. The number of rotatable bonds is 6. The van der Waals surface area contributed by atoms with Crippen LogP contribution in [0.5, 0.6) is 0 Å². The zero-order valence-corrected chi connectivity index (χ0v) is 14.1. The quantitative estimate of drug-likeness (QED) is 0.616. The minimum atomic E-state index is -0.979. The summed E-state index contributed by atoms with van der Waals surface area (Å²) in [7, 11) is 1.51. The zero-order valence-electron chi connectivity index (χ0n) is 14.1. The zero-order chi connectivity index (χ0) is 18.7. The number of carboxylic acid groups (broad SMARTS) is 1. The number of nitrogens with two attached hydrogens (primary N) is 1. The molecule has 0 aliphatic heterocycles. The number of nitrogens with zero attached hydrogens (tertiary/aromatic N) is 4. The van der Waals surface area contributed by atoms with Gasteiger partial charge in [0, 0.05) is 37.5 Å². The SMILES string of the molecule is CN(CCNc1ccn2ncc(-c3ccc(C(N)=O)cc3)c2n1)C(=O)O. The minimum absolute atomic E-state index is 0.336. The first kappa shape index (κ1) is 17.2. The van der Waals surface area contributed by atoms with Gasteiger partial charge in [0.15, 0.2) is 5.65 Å². The summed E-state index contributed by atoms with van der Waals surface area (Å²) in [6, 6.07) is 8.66. The Labute approximate surface area is 149 Å². The van der Waals surface area contributed by atoms with E-state index in [1.165, 1.54) is 11.9 Å². The molecule has 3 aromatic rings. The molecule has 0 unspecified atom stereocenters. The molecule has 0 fully saturated rings. The average Bonchev–Trinajstić information content (AvgIpc) is 3.04. The van der Waals surface area contributed by atoms with Crippen LogP contribution < -0.4 is 11.1 Å². The van der Waals surface area contributed by atoms with Gasteiger partial charge in [-0.3, -0.25) is 4.79 Å². The van der Waals surface area contributed by atoms with E-state index in [-0.39, 0.29) is 0 Å². The summed E-state index contributed by atoms with van der Waals surface area (Å²) in [4.78, 5) is 27.7. The second-order valence-electron chi connectivity index (χ2n) is 5.71. The van der Waals surface area contributed by atoms with Gasteiger partial charge in [-0.25, -0.2) is 14.3 Å². The van der Waals surface area contributed by atoms with Crippen LogP contribution in [0.2, 0.25) is 0 Å². The number of primary amides is 1. The maximum atomic E-state index is 11.2. The molecule has 0 spiro atoms. The lowest BCUT2D eigenvalue weighted by Crippen LogP contribution is -2.29. The predicted molar refractivity (Wildman–Crippen MR) is 96.1 cm³/mol. The van der Waals surface area contributed by atoms with Crippen molar-refractivity contribution in [2.75, 3.05) is 25.5 Å². The summed E-state index contributed by atoms with van der Waals surface area (Å²) in [6.45, 7) is 0.769. The first-order valence-electron chi connectivity index (χ1n) is 7.88. The third-order valence-corrected chi connectivity index (χ3v) is 3.93. The molecule has 2 heterocycles. The standard InChI is InChI=1S/C17H18N6O3/c1-22(17(25)26)9-7-19-14-6-8-23-16(21-14)13(10-20-23)11-2-4-12(5-3-11)15(18)24/h2-6,8,10H,7,9H2,1H3,(H2,18,24)(H,19,21)(H,25,26). The molecule has 2 amide bonds. The van der Waals surface area contributed by atoms with Crippen molar-refractivity contribution in [3.8, 4) is 11.1 Å². The summed E-state index contributed by atoms with van der Waals surface area (Å²) >= 11 is 0. The molecule has 0 saturated carbocycles. The molecule has 0 bridgehead atoms. The van der Waals surface area contributed by atoms with Gasteiger partial charge in [0.1, 0.15) is 5.82 Å². The molecule has 0 saturated heterocycles. The molecule has 0 aliphatic rings. The lowest BCUT2D eigenvalue weighted by Gasteiger charge is -2.13. The topological polar surface area (TPSA) is 126 Å². The Morgan fingerprint density at radius 3 is 2.65 bits per heavy atom. The number of hydrogen-bond acceptors (Lipinski definition) is 5. The molecular weight excluding hydrogens is 336 g/mol. The second-order valence-corrected chi connectivity index (χ2v) is 5.71. The predicted octanol–water partition coefficient (Wildman–Crippen LogP) is 1.52. The maximum Gasteiger partial charge on any atom is 0.407 e. The largest absolute Gasteiger partial charge is 0.465 e. The van der Waals surface area contributed by atoms with Crippen molar-refractivity contribution in [3.05, 3.63) is 48.3 Å². The Morgan fingerprint density at radius 1 is 1.27 bits per heavy atom. The van der Waals surface area contributed by atoms with E-state index >= 15 is 0 Å². The molecule has 26 heavy (non-hydrogen) atoms. The van der Waals surface area contributed by atoms with Gasteiger partial charge in [-0.05, 0) is 23.8 Å². The lowest BCUT2D eigenvalue weighted by molar-refractivity contribution is 0.1000. The fraction of sp³-hybridized carbons (Fsp3) is 0.176. The first-order valence-corrected chi connectivity index (χ1v) is 7.88. The van der Waals surface area contributed by atoms with Crippen LogP contribution in [0.15, 0.2) is 42.7 Å². The van der Waals surface area contributed by atoms with Crippen LogP contribution in [0.4, 0.5) is 10.6 Å². The van der Waals surface area contributed by atoms with Gasteiger partial charge in [0.2, 0.25) is 5.91 Å². The van der Waals surface area contributed by atoms with E-state index in [4.69, 9.17) is 10.8 Å². The summed E-state index contributed by atoms with van der Waals surface area (Å²) in [6.07, 6.45) is 2.49. The molecule has 3 rings (SSSR count). The van der Waals surface area contributed by atoms with E-state index in [1.54, 1.807) is 47.2 Å². The van der Waals surface area contributed by atoms with Crippen molar-refractivity contribution in [2.24, 2.45) is 5.73 Å². The first-order chi connectivity index (χ1) is 12.5. The van der Waals surface area contributed by atoms with Crippen LogP contribution in [0.1, 0.15) is 10.4 Å². The molecule has 134 valence electrons. The number of amides is 2. The number of likely N-dealkylation sites (N-methyl/N-ethyl adjacent to an activating group) is 1. The van der Waals surface area contributed by atoms with E-state index < -0.39 is 12.0 Å². The smallest absolute Gasteiger partial charge is 0.407 e. The Kier molecular flexibility index (Phi) is 4.70. The van der Waals surface area contributed by atoms with Gasteiger partial charge >= 0.3 is 6.09 Å². The van der Waals surface area contributed by atoms with E-state index in [0.717, 1.165) is 11.1 Å². The molecule has 1 aromatic carbocycles. The summed E-state index contributed by atoms with van der Waals surface area (Å²) in [5.74, 6) is 0.138. The minimum Gasteiger partial charge on any atom is -0.465 e. The van der Waals surface area contributed by atoms with Crippen LogP contribution >= 0.6 is 0 Å². The molecule has 2 aromatic heterocycles. The highest BCUT2D eigenvalue weighted by atomic mass is 16.4. The highest BCUT2D eigenvalue weighted by molar-refractivity contribution is 5.93. The number of fused-ring (bicyclic) bond motifs is 1. The Bertz CT molecular complexity index is 951. The summed E-state index contributed by atoms with van der Waals surface area (Å²) < 4.78 is 1.64. The van der Waals surface area contributed by atoms with Gasteiger partial charge in [-0.15, -0.1) is 0 Å². The Balaban J connectivity index is 1.81. The molecule has 4 N–H and O–H groups in total. The summed E-state index contributed by atoms with van der Waals surface area (Å²) in [5.41, 5.74) is 8.02. The fourth-order valence-electron chi connectivity index (χ4n) is 2.43. The Morgan fingerprint density at radius 2 is 2.00 bits per heavy atom. The number of carbonyl (C=O) groups excluding carboxylic acids is 1. The number of aromatic nitrogens is 3. The molecule has 9 nitrogen and oxygen atoms in total. The molecule has 0 radical (unpaired) electrons. The van der Waals surface area contributed by atoms with E-state index in [0.29, 0.717) is 30.1 Å². The van der Waals surface area contributed by atoms with Crippen LogP contribution in [-0.2, 0) is 0 Å². The van der Waals surface area contributed by atoms with Gasteiger partial charge in [0.25, 0.3) is 0 Å². The summed E-state index contributed by atoms with van der Waals surface area (Å²) in [5, 5.41) is 16.2. The van der Waals surface area contributed by atoms with E-state index in [9.17, 15) is 9.59 Å². The fourth-order valence-corrected chi connectivity index (χ4v) is 2.43. The van der Waals surface area contributed by atoms with Crippen LogP contribution in [0.25, 0.3) is 16.8 Å². The van der Waals surface area contributed by atoms with Crippen molar-refractivity contribution >= 4 is 23.5 Å². The molecule has 0 atom stereocenters. The van der Waals surface area contributed by atoms with E-state index in [1.807, 2.05) is 0 Å². The van der Waals surface area contributed by atoms with Crippen molar-refractivity contribution in [2.45, 2.75) is 0 Å². The van der Waals surface area contributed by atoms with Gasteiger partial charge in [-0.1, -0.05) is 12.1 Å². The van der Waals surface area contributed by atoms with Crippen molar-refractivity contribution in [1.29, 1.82) is 0 Å². The molecule has 0 aliphatic carbocycles. The highest BCUT2D eigenvalue weighted by Gasteiger charge is 2.10. The van der Waals surface area contributed by atoms with Crippen molar-refractivity contribution in [3.63, 3.8) is 0 Å². The number of hydrogen-bond donors (Lipinski definition) is 3. The van der Waals surface area contributed by atoms with Crippen LogP contribution in [0.3, 0.4) is 0 Å². The van der Waals surface area contributed by atoms with Crippen LogP contribution in [-0.4, -0.2) is 56.7 Å². The lowest BCUT2D eigenvalue weighted by atomic mass is 10.1. The normalized spacial score (nSPS) is 10.7.